The van der Waals surface area contributed by atoms with Gasteiger partial charge in [-0.1, -0.05) is 23.2 Å². The van der Waals surface area contributed by atoms with Gasteiger partial charge in [-0.25, -0.2) is 0 Å². The predicted molar refractivity (Wildman–Crippen MR) is 85.1 cm³/mol. The Morgan fingerprint density at radius 1 is 1.24 bits per heavy atom. The average Bonchev–Trinajstić information content (AvgIpc) is 2.76. The number of nitrogens with one attached hydrogen (secondary N) is 1. The number of nitrogens with zero attached hydrogens (tertiary/aromatic N) is 2. The van der Waals surface area contributed by atoms with Gasteiger partial charge in [0, 0.05) is 24.3 Å². The van der Waals surface area contributed by atoms with Crippen molar-refractivity contribution >= 4 is 29.1 Å². The van der Waals surface area contributed by atoms with E-state index in [1.807, 2.05) is 24.6 Å². The predicted octanol–water partition coefficient (Wildman–Crippen LogP) is 3.63. The molecule has 0 saturated heterocycles. The molecule has 0 saturated carbocycles. The first kappa shape index (κ1) is 15.9. The van der Waals surface area contributed by atoms with Crippen LogP contribution in [0.25, 0.3) is 0 Å². The van der Waals surface area contributed by atoms with E-state index in [1.165, 1.54) is 0 Å². The van der Waals surface area contributed by atoms with E-state index in [0.717, 1.165) is 24.4 Å². The number of rotatable bonds is 5. The summed E-state index contributed by atoms with van der Waals surface area (Å²) in [5.74, 6) is -0.151. The van der Waals surface area contributed by atoms with Crippen molar-refractivity contribution < 1.29 is 4.79 Å². The summed E-state index contributed by atoms with van der Waals surface area (Å²) in [6.45, 7) is 5.35. The maximum absolute atomic E-state index is 12.0. The zero-order valence-electron chi connectivity index (χ0n) is 12.0. The molecular formula is C15H17Cl2N3O. The van der Waals surface area contributed by atoms with Crippen LogP contribution in [0.3, 0.4) is 0 Å². The van der Waals surface area contributed by atoms with Gasteiger partial charge in [-0.05, 0) is 44.5 Å². The van der Waals surface area contributed by atoms with Crippen LogP contribution in [0.4, 0.5) is 0 Å². The average molecular weight is 326 g/mol. The highest BCUT2D eigenvalue weighted by Gasteiger charge is 2.07. The quantitative estimate of drug-likeness (QED) is 0.853. The summed E-state index contributed by atoms with van der Waals surface area (Å²) in [7, 11) is 0. The van der Waals surface area contributed by atoms with Gasteiger partial charge in [0.25, 0.3) is 5.91 Å². The number of carbonyl (C=O) groups excluding carboxylic acids is 1. The van der Waals surface area contributed by atoms with Crippen LogP contribution in [-0.4, -0.2) is 22.2 Å². The minimum atomic E-state index is -0.151. The van der Waals surface area contributed by atoms with Gasteiger partial charge in [-0.3, -0.25) is 9.48 Å². The van der Waals surface area contributed by atoms with E-state index < -0.39 is 0 Å². The lowest BCUT2D eigenvalue weighted by Crippen LogP contribution is -2.25. The smallest absolute Gasteiger partial charge is 0.251 e. The molecule has 0 aliphatic carbocycles. The maximum atomic E-state index is 12.0. The number of halogens is 2. The van der Waals surface area contributed by atoms with E-state index in [0.29, 0.717) is 22.2 Å². The molecule has 0 bridgehead atoms. The standard InChI is InChI=1S/C15H17Cl2N3O/c1-10-8-11(2)20(19-10)7-3-6-18-15(21)12-4-5-13(16)14(17)9-12/h4-5,8-9H,3,6-7H2,1-2H3,(H,18,21). The van der Waals surface area contributed by atoms with Gasteiger partial charge >= 0.3 is 0 Å². The Morgan fingerprint density at radius 2 is 2.00 bits per heavy atom. The van der Waals surface area contributed by atoms with Crippen molar-refractivity contribution in [2.24, 2.45) is 0 Å². The molecule has 1 aromatic heterocycles. The third kappa shape index (κ3) is 4.22. The number of carbonyl (C=O) groups is 1. The lowest BCUT2D eigenvalue weighted by Gasteiger charge is -2.07. The first-order valence-corrected chi connectivity index (χ1v) is 7.47. The number of hydrogen-bond donors (Lipinski definition) is 1. The summed E-state index contributed by atoms with van der Waals surface area (Å²) in [5, 5.41) is 8.06. The van der Waals surface area contributed by atoms with Crippen LogP contribution in [0.5, 0.6) is 0 Å². The van der Waals surface area contributed by atoms with Crippen LogP contribution >= 0.6 is 23.2 Å². The minimum absolute atomic E-state index is 0.151. The van der Waals surface area contributed by atoms with Crippen molar-refractivity contribution in [1.82, 2.24) is 15.1 Å². The van der Waals surface area contributed by atoms with E-state index in [2.05, 4.69) is 10.4 Å². The summed E-state index contributed by atoms with van der Waals surface area (Å²) in [6, 6.07) is 6.88. The summed E-state index contributed by atoms with van der Waals surface area (Å²) in [6.07, 6.45) is 0.815. The Labute approximate surface area is 134 Å². The van der Waals surface area contributed by atoms with Crippen LogP contribution < -0.4 is 5.32 Å². The number of hydrogen-bond acceptors (Lipinski definition) is 2. The SMILES string of the molecule is Cc1cc(C)n(CCCNC(=O)c2ccc(Cl)c(Cl)c2)n1. The lowest BCUT2D eigenvalue weighted by molar-refractivity contribution is 0.0952. The first-order chi connectivity index (χ1) is 9.97. The third-order valence-corrected chi connectivity index (χ3v) is 3.86. The summed E-state index contributed by atoms with van der Waals surface area (Å²) in [4.78, 5) is 12.0. The van der Waals surface area contributed by atoms with Gasteiger partial charge in [0.2, 0.25) is 0 Å². The Kier molecular flexibility index (Phi) is 5.26. The number of amides is 1. The number of aryl methyl sites for hydroxylation is 3. The molecule has 1 heterocycles. The largest absolute Gasteiger partial charge is 0.352 e. The van der Waals surface area contributed by atoms with Crippen LogP contribution in [0.2, 0.25) is 10.0 Å². The Morgan fingerprint density at radius 3 is 2.62 bits per heavy atom. The van der Waals surface area contributed by atoms with Gasteiger partial charge in [-0.15, -0.1) is 0 Å². The molecule has 0 unspecified atom stereocenters. The van der Waals surface area contributed by atoms with Crippen molar-refractivity contribution in [3.63, 3.8) is 0 Å². The molecule has 0 aliphatic rings. The van der Waals surface area contributed by atoms with E-state index in [1.54, 1.807) is 18.2 Å². The molecule has 21 heavy (non-hydrogen) atoms. The van der Waals surface area contributed by atoms with Crippen molar-refractivity contribution in [3.8, 4) is 0 Å². The second-order valence-corrected chi connectivity index (χ2v) is 5.70. The molecule has 2 aromatic rings. The van der Waals surface area contributed by atoms with E-state index in [4.69, 9.17) is 23.2 Å². The molecule has 0 fully saturated rings. The molecule has 0 aliphatic heterocycles. The molecule has 112 valence electrons. The van der Waals surface area contributed by atoms with Gasteiger partial charge in [0.05, 0.1) is 15.7 Å². The van der Waals surface area contributed by atoms with Crippen molar-refractivity contribution in [3.05, 3.63) is 51.3 Å². The topological polar surface area (TPSA) is 46.9 Å². The molecule has 4 nitrogen and oxygen atoms in total. The van der Waals surface area contributed by atoms with E-state index in [9.17, 15) is 4.79 Å². The molecule has 1 aromatic carbocycles. The van der Waals surface area contributed by atoms with Crippen LogP contribution in [0, 0.1) is 13.8 Å². The molecular weight excluding hydrogens is 309 g/mol. The van der Waals surface area contributed by atoms with Crippen molar-refractivity contribution in [1.29, 1.82) is 0 Å². The fourth-order valence-electron chi connectivity index (χ4n) is 2.07. The van der Waals surface area contributed by atoms with Gasteiger partial charge in [0.1, 0.15) is 0 Å². The van der Waals surface area contributed by atoms with Crippen LogP contribution in [0.1, 0.15) is 28.2 Å². The van der Waals surface area contributed by atoms with Gasteiger partial charge < -0.3 is 5.32 Å². The third-order valence-electron chi connectivity index (χ3n) is 3.12. The molecule has 6 heteroatoms. The lowest BCUT2D eigenvalue weighted by atomic mass is 10.2. The number of aromatic nitrogens is 2. The highest BCUT2D eigenvalue weighted by atomic mass is 35.5. The highest BCUT2D eigenvalue weighted by Crippen LogP contribution is 2.22. The van der Waals surface area contributed by atoms with Crippen molar-refractivity contribution in [2.45, 2.75) is 26.8 Å². The first-order valence-electron chi connectivity index (χ1n) is 6.71. The van der Waals surface area contributed by atoms with Crippen LogP contribution in [-0.2, 0) is 6.54 Å². The fourth-order valence-corrected chi connectivity index (χ4v) is 2.37. The second kappa shape index (κ2) is 6.96. The summed E-state index contributed by atoms with van der Waals surface area (Å²) >= 11 is 11.7. The normalized spacial score (nSPS) is 10.7. The zero-order valence-corrected chi connectivity index (χ0v) is 13.5. The van der Waals surface area contributed by atoms with Gasteiger partial charge in [0.15, 0.2) is 0 Å². The van der Waals surface area contributed by atoms with Crippen LogP contribution in [0.15, 0.2) is 24.3 Å². The Hall–Kier alpha value is -1.52. The van der Waals surface area contributed by atoms with Gasteiger partial charge in [-0.2, -0.15) is 5.10 Å². The molecule has 0 atom stereocenters. The maximum Gasteiger partial charge on any atom is 0.251 e. The number of benzene rings is 1. The fraction of sp³-hybridized carbons (Fsp3) is 0.333. The molecule has 1 N–H and O–H groups in total. The molecule has 0 radical (unpaired) electrons. The highest BCUT2D eigenvalue weighted by molar-refractivity contribution is 6.42. The Bertz CT molecular complexity index is 652. The second-order valence-electron chi connectivity index (χ2n) is 4.89. The van der Waals surface area contributed by atoms with E-state index in [-0.39, 0.29) is 5.91 Å². The van der Waals surface area contributed by atoms with Crippen molar-refractivity contribution in [2.75, 3.05) is 6.54 Å². The monoisotopic (exact) mass is 325 g/mol. The summed E-state index contributed by atoms with van der Waals surface area (Å²) in [5.41, 5.74) is 2.64. The molecule has 0 spiro atoms. The zero-order chi connectivity index (χ0) is 15.4. The molecule has 2 rings (SSSR count). The summed E-state index contributed by atoms with van der Waals surface area (Å²) < 4.78 is 1.95. The molecule has 1 amide bonds. The van der Waals surface area contributed by atoms with E-state index >= 15 is 0 Å². The minimum Gasteiger partial charge on any atom is -0.352 e. The Balaban J connectivity index is 1.81.